The molecule has 0 fully saturated rings. The van der Waals surface area contributed by atoms with Gasteiger partial charge in [-0.15, -0.1) is 0 Å². The van der Waals surface area contributed by atoms with E-state index in [0.29, 0.717) is 5.92 Å². The highest BCUT2D eigenvalue weighted by atomic mass is 79.9. The van der Waals surface area contributed by atoms with E-state index in [-0.39, 0.29) is 4.95 Å². The van der Waals surface area contributed by atoms with Crippen LogP contribution in [0.5, 0.6) is 0 Å². The molecule has 1 atom stereocenters. The molecule has 0 amide bonds. The van der Waals surface area contributed by atoms with E-state index in [9.17, 15) is 5.21 Å². The van der Waals surface area contributed by atoms with Gasteiger partial charge in [0.25, 0.3) is 0 Å². The number of nitrogens with zero attached hydrogens (tertiary/aromatic N) is 1. The highest BCUT2D eigenvalue weighted by Gasteiger charge is 2.12. The Morgan fingerprint density at radius 3 is 2.73 bits per heavy atom. The first-order valence-corrected chi connectivity index (χ1v) is 4.54. The molecule has 0 radical (unpaired) electrons. The fraction of sp³-hybridized carbons (Fsp3) is 0.500. The minimum Gasteiger partial charge on any atom is -0.288 e. The first kappa shape index (κ1) is 8.81. The normalized spacial score (nSPS) is 24.3. The summed E-state index contributed by atoms with van der Waals surface area (Å²) in [5.74, 6) is 0.459. The van der Waals surface area contributed by atoms with Gasteiger partial charge in [-0.1, -0.05) is 35.9 Å². The van der Waals surface area contributed by atoms with Crippen molar-refractivity contribution in [1.82, 2.24) is 5.06 Å². The average molecular weight is 218 g/mol. The molecule has 62 valence electrons. The number of allylic oxidation sites excluding steroid dienone is 2. The summed E-state index contributed by atoms with van der Waals surface area (Å²) in [4.78, 5) is -0.0787. The van der Waals surface area contributed by atoms with Gasteiger partial charge in [0.1, 0.15) is 4.95 Å². The third-order valence-corrected chi connectivity index (χ3v) is 2.37. The van der Waals surface area contributed by atoms with Gasteiger partial charge < -0.3 is 0 Å². The van der Waals surface area contributed by atoms with Crippen molar-refractivity contribution in [3.05, 3.63) is 23.9 Å². The Morgan fingerprint density at radius 1 is 1.64 bits per heavy atom. The van der Waals surface area contributed by atoms with Gasteiger partial charge >= 0.3 is 0 Å². The second-order valence-electron chi connectivity index (χ2n) is 2.90. The van der Waals surface area contributed by atoms with E-state index < -0.39 is 0 Å². The number of hydroxylamine groups is 2. The number of alkyl halides is 1. The molecule has 0 bridgehead atoms. The Balaban J connectivity index is 2.72. The summed E-state index contributed by atoms with van der Waals surface area (Å²) < 4.78 is 0. The smallest absolute Gasteiger partial charge is 0.129 e. The Labute approximate surface area is 75.3 Å². The van der Waals surface area contributed by atoms with Gasteiger partial charge in [0.2, 0.25) is 0 Å². The van der Waals surface area contributed by atoms with Crippen LogP contribution in [0.3, 0.4) is 0 Å². The Kier molecular flexibility index (Phi) is 2.73. The van der Waals surface area contributed by atoms with E-state index in [1.165, 1.54) is 0 Å². The molecular weight excluding hydrogens is 206 g/mol. The van der Waals surface area contributed by atoms with Crippen molar-refractivity contribution in [1.29, 1.82) is 0 Å². The molecular formula is C8H12BrNO. The average Bonchev–Trinajstić information content (AvgIpc) is 1.94. The first-order chi connectivity index (χ1) is 5.11. The van der Waals surface area contributed by atoms with Crippen LogP contribution in [0, 0.1) is 5.92 Å². The van der Waals surface area contributed by atoms with Crippen molar-refractivity contribution in [3.8, 4) is 0 Å². The summed E-state index contributed by atoms with van der Waals surface area (Å²) in [5.41, 5.74) is 1.14. The molecule has 2 nitrogen and oxygen atoms in total. The highest BCUT2D eigenvalue weighted by Crippen LogP contribution is 2.20. The van der Waals surface area contributed by atoms with Crippen LogP contribution in [0.25, 0.3) is 0 Å². The van der Waals surface area contributed by atoms with E-state index >= 15 is 0 Å². The zero-order chi connectivity index (χ0) is 8.43. The Hall–Kier alpha value is -0.280. The summed E-state index contributed by atoms with van der Waals surface area (Å²) in [6.07, 6.45) is 5.68. The maximum absolute atomic E-state index is 9.26. The van der Waals surface area contributed by atoms with E-state index in [0.717, 1.165) is 10.6 Å². The predicted octanol–water partition coefficient (Wildman–Crippen LogP) is 2.51. The summed E-state index contributed by atoms with van der Waals surface area (Å²) in [5, 5.41) is 10.4. The van der Waals surface area contributed by atoms with Gasteiger partial charge in [-0.25, -0.2) is 5.06 Å². The van der Waals surface area contributed by atoms with Crippen molar-refractivity contribution < 1.29 is 5.21 Å². The van der Waals surface area contributed by atoms with Gasteiger partial charge in [-0.2, -0.15) is 0 Å². The molecule has 1 heterocycles. The second-order valence-corrected chi connectivity index (χ2v) is 3.83. The molecule has 0 aromatic rings. The molecule has 1 N–H and O–H groups in total. The van der Waals surface area contributed by atoms with Crippen LogP contribution in [0.4, 0.5) is 0 Å². The largest absolute Gasteiger partial charge is 0.288 e. The third kappa shape index (κ3) is 2.07. The maximum Gasteiger partial charge on any atom is 0.129 e. The van der Waals surface area contributed by atoms with Crippen molar-refractivity contribution in [2.24, 2.45) is 5.92 Å². The lowest BCUT2D eigenvalue weighted by Crippen LogP contribution is -2.23. The van der Waals surface area contributed by atoms with Crippen LogP contribution in [0.1, 0.15) is 13.8 Å². The van der Waals surface area contributed by atoms with E-state index in [2.05, 4.69) is 29.8 Å². The van der Waals surface area contributed by atoms with Gasteiger partial charge in [0, 0.05) is 6.20 Å². The van der Waals surface area contributed by atoms with Crippen molar-refractivity contribution in [3.63, 3.8) is 0 Å². The van der Waals surface area contributed by atoms with Crippen LogP contribution in [0.15, 0.2) is 23.9 Å². The molecule has 1 aliphatic heterocycles. The summed E-state index contributed by atoms with van der Waals surface area (Å²) in [6, 6.07) is 0. The van der Waals surface area contributed by atoms with Crippen molar-refractivity contribution in [2.45, 2.75) is 18.8 Å². The molecule has 0 spiro atoms. The zero-order valence-electron chi connectivity index (χ0n) is 6.66. The van der Waals surface area contributed by atoms with E-state index in [1.54, 1.807) is 6.20 Å². The topological polar surface area (TPSA) is 23.5 Å². The van der Waals surface area contributed by atoms with Crippen LogP contribution in [0.2, 0.25) is 0 Å². The Morgan fingerprint density at radius 2 is 2.27 bits per heavy atom. The Bertz CT molecular complexity index is 198. The van der Waals surface area contributed by atoms with Crippen LogP contribution < -0.4 is 0 Å². The first-order valence-electron chi connectivity index (χ1n) is 3.62. The third-order valence-electron chi connectivity index (χ3n) is 1.65. The molecule has 0 aliphatic carbocycles. The lowest BCUT2D eigenvalue weighted by molar-refractivity contribution is -0.0403. The molecule has 3 heteroatoms. The van der Waals surface area contributed by atoms with Gasteiger partial charge in [0.05, 0.1) is 0 Å². The fourth-order valence-electron chi connectivity index (χ4n) is 0.887. The van der Waals surface area contributed by atoms with Crippen LogP contribution in [-0.2, 0) is 0 Å². The second kappa shape index (κ2) is 3.41. The van der Waals surface area contributed by atoms with Crippen LogP contribution >= 0.6 is 15.9 Å². The molecule has 11 heavy (non-hydrogen) atoms. The summed E-state index contributed by atoms with van der Waals surface area (Å²) in [6.45, 7) is 4.19. The maximum atomic E-state index is 9.26. The molecule has 1 rings (SSSR count). The molecule has 1 unspecified atom stereocenters. The van der Waals surface area contributed by atoms with Crippen molar-refractivity contribution >= 4 is 15.9 Å². The van der Waals surface area contributed by atoms with Crippen LogP contribution in [-0.4, -0.2) is 15.2 Å². The lowest BCUT2D eigenvalue weighted by Gasteiger charge is -2.22. The SMILES string of the molecule is CC(C)C1=CN(O)C(Br)C=C1. The number of hydrogen-bond acceptors (Lipinski definition) is 2. The minimum atomic E-state index is -0.0787. The summed E-state index contributed by atoms with van der Waals surface area (Å²) >= 11 is 3.27. The zero-order valence-corrected chi connectivity index (χ0v) is 8.25. The van der Waals surface area contributed by atoms with Crippen molar-refractivity contribution in [2.75, 3.05) is 0 Å². The molecule has 0 saturated carbocycles. The van der Waals surface area contributed by atoms with E-state index in [1.807, 2.05) is 12.2 Å². The van der Waals surface area contributed by atoms with Gasteiger partial charge in [-0.3, -0.25) is 5.21 Å². The molecule has 0 saturated heterocycles. The molecule has 0 aromatic heterocycles. The van der Waals surface area contributed by atoms with Gasteiger partial charge in [0.15, 0.2) is 0 Å². The molecule has 1 aliphatic rings. The van der Waals surface area contributed by atoms with Gasteiger partial charge in [-0.05, 0) is 17.6 Å². The monoisotopic (exact) mass is 217 g/mol. The minimum absolute atomic E-state index is 0.0787. The predicted molar refractivity (Wildman–Crippen MR) is 48.4 cm³/mol. The quantitative estimate of drug-likeness (QED) is 0.540. The standard InChI is InChI=1S/C8H12BrNO/c1-6(2)7-3-4-8(9)10(11)5-7/h3-6,8,11H,1-2H3. The van der Waals surface area contributed by atoms with E-state index in [4.69, 9.17) is 0 Å². The highest BCUT2D eigenvalue weighted by molar-refractivity contribution is 9.09. The molecule has 0 aromatic carbocycles. The number of hydrogen-bond donors (Lipinski definition) is 1. The number of halogens is 1. The lowest BCUT2D eigenvalue weighted by atomic mass is 10.0. The summed E-state index contributed by atoms with van der Waals surface area (Å²) in [7, 11) is 0. The number of rotatable bonds is 1. The fourth-order valence-corrected chi connectivity index (χ4v) is 1.16.